The molecule has 24 heavy (non-hydrogen) atoms. The fourth-order valence-corrected chi connectivity index (χ4v) is 2.67. The van der Waals surface area contributed by atoms with Gasteiger partial charge in [-0.25, -0.2) is 28.1 Å². The van der Waals surface area contributed by atoms with Crippen LogP contribution in [0.5, 0.6) is 0 Å². The lowest BCUT2D eigenvalue weighted by Crippen LogP contribution is -2.18. The van der Waals surface area contributed by atoms with E-state index < -0.39 is 10.0 Å². The van der Waals surface area contributed by atoms with Crippen molar-refractivity contribution in [3.63, 3.8) is 0 Å². The monoisotopic (exact) mass is 346 g/mol. The predicted octanol–water partition coefficient (Wildman–Crippen LogP) is 1.86. The average Bonchev–Trinajstić information content (AvgIpc) is 3.08. The first kappa shape index (κ1) is 15.9. The van der Waals surface area contributed by atoms with Crippen LogP contribution in [0.2, 0.25) is 0 Å². The topological polar surface area (TPSA) is 122 Å². The third-order valence-electron chi connectivity index (χ3n) is 3.02. The summed E-state index contributed by atoms with van der Waals surface area (Å²) in [6.07, 6.45) is 4.31. The SMILES string of the molecule is CNS(=O)(=O)c1cccc(Nc2cc(Nc3ncco3)ncn2)c1. The molecule has 0 aliphatic heterocycles. The molecule has 0 atom stereocenters. The van der Waals surface area contributed by atoms with Gasteiger partial charge in [0, 0.05) is 11.8 Å². The second-order valence-electron chi connectivity index (χ2n) is 4.61. The number of sulfonamides is 1. The molecule has 3 aromatic rings. The Labute approximate surface area is 138 Å². The summed E-state index contributed by atoms with van der Waals surface area (Å²) < 4.78 is 31.0. The number of oxazole rings is 1. The van der Waals surface area contributed by atoms with Gasteiger partial charge in [0.1, 0.15) is 24.2 Å². The van der Waals surface area contributed by atoms with Crippen LogP contribution < -0.4 is 15.4 Å². The van der Waals surface area contributed by atoms with Crippen molar-refractivity contribution in [1.82, 2.24) is 19.7 Å². The van der Waals surface area contributed by atoms with Gasteiger partial charge in [0.2, 0.25) is 10.0 Å². The zero-order chi connectivity index (χ0) is 17.0. The van der Waals surface area contributed by atoms with E-state index in [1.165, 1.54) is 38.0 Å². The summed E-state index contributed by atoms with van der Waals surface area (Å²) in [5.41, 5.74) is 0.576. The van der Waals surface area contributed by atoms with Crippen molar-refractivity contribution in [2.45, 2.75) is 4.90 Å². The molecule has 3 N–H and O–H groups in total. The highest BCUT2D eigenvalue weighted by Gasteiger charge is 2.11. The zero-order valence-corrected chi connectivity index (χ0v) is 13.4. The van der Waals surface area contributed by atoms with E-state index in [1.54, 1.807) is 18.2 Å². The average molecular weight is 346 g/mol. The third kappa shape index (κ3) is 3.67. The Morgan fingerprint density at radius 3 is 2.54 bits per heavy atom. The maximum atomic E-state index is 11.8. The smallest absolute Gasteiger partial charge is 0.300 e. The third-order valence-corrected chi connectivity index (χ3v) is 4.43. The van der Waals surface area contributed by atoms with E-state index in [-0.39, 0.29) is 4.90 Å². The Kier molecular flexibility index (Phi) is 4.40. The Morgan fingerprint density at radius 1 is 1.04 bits per heavy atom. The van der Waals surface area contributed by atoms with Gasteiger partial charge in [-0.3, -0.25) is 5.32 Å². The van der Waals surface area contributed by atoms with Gasteiger partial charge in [-0.05, 0) is 25.2 Å². The first-order chi connectivity index (χ1) is 11.6. The van der Waals surface area contributed by atoms with E-state index in [1.807, 2.05) is 0 Å². The molecule has 0 bridgehead atoms. The molecule has 124 valence electrons. The summed E-state index contributed by atoms with van der Waals surface area (Å²) in [6.45, 7) is 0. The number of benzene rings is 1. The molecular formula is C14H14N6O3S. The van der Waals surface area contributed by atoms with Crippen molar-refractivity contribution in [3.8, 4) is 0 Å². The lowest BCUT2D eigenvalue weighted by atomic mass is 10.3. The highest BCUT2D eigenvalue weighted by molar-refractivity contribution is 7.89. The summed E-state index contributed by atoms with van der Waals surface area (Å²) in [5, 5.41) is 5.91. The number of hydrogen-bond donors (Lipinski definition) is 3. The first-order valence-electron chi connectivity index (χ1n) is 6.86. The van der Waals surface area contributed by atoms with Crippen molar-refractivity contribution in [2.75, 3.05) is 17.7 Å². The Balaban J connectivity index is 1.80. The number of rotatable bonds is 6. The number of nitrogens with zero attached hydrogens (tertiary/aromatic N) is 3. The Bertz CT molecular complexity index is 927. The van der Waals surface area contributed by atoms with Crippen LogP contribution >= 0.6 is 0 Å². The van der Waals surface area contributed by atoms with Gasteiger partial charge in [0.15, 0.2) is 0 Å². The normalized spacial score (nSPS) is 11.2. The lowest BCUT2D eigenvalue weighted by Gasteiger charge is -2.09. The fourth-order valence-electron chi connectivity index (χ4n) is 1.90. The molecule has 0 saturated heterocycles. The molecule has 9 nitrogen and oxygen atoms in total. The van der Waals surface area contributed by atoms with Crippen LogP contribution in [-0.4, -0.2) is 30.4 Å². The minimum Gasteiger partial charge on any atom is -0.432 e. The first-order valence-corrected chi connectivity index (χ1v) is 8.34. The Morgan fingerprint density at radius 2 is 1.83 bits per heavy atom. The van der Waals surface area contributed by atoms with E-state index in [2.05, 4.69) is 30.3 Å². The lowest BCUT2D eigenvalue weighted by molar-refractivity contribution is 0.577. The molecule has 0 saturated carbocycles. The number of nitrogens with one attached hydrogen (secondary N) is 3. The van der Waals surface area contributed by atoms with E-state index in [4.69, 9.17) is 4.42 Å². The molecule has 3 rings (SSSR count). The zero-order valence-electron chi connectivity index (χ0n) is 12.6. The van der Waals surface area contributed by atoms with Gasteiger partial charge in [-0.1, -0.05) is 6.07 Å². The van der Waals surface area contributed by atoms with Gasteiger partial charge < -0.3 is 9.73 Å². The predicted molar refractivity (Wildman–Crippen MR) is 87.8 cm³/mol. The van der Waals surface area contributed by atoms with Crippen molar-refractivity contribution in [1.29, 1.82) is 0 Å². The molecule has 0 fully saturated rings. The van der Waals surface area contributed by atoms with Crippen LogP contribution in [0.1, 0.15) is 0 Å². The standard InChI is InChI=1S/C14H14N6O3S/c1-15-24(21,22)11-4-2-3-10(7-11)19-12-8-13(18-9-17-12)20-14-16-5-6-23-14/h2-9,15H,1H3,(H2,16,17,18,19,20). The quantitative estimate of drug-likeness (QED) is 0.618. The largest absolute Gasteiger partial charge is 0.432 e. The van der Waals surface area contributed by atoms with Crippen molar-refractivity contribution < 1.29 is 12.8 Å². The second kappa shape index (κ2) is 6.64. The van der Waals surface area contributed by atoms with Crippen molar-refractivity contribution >= 4 is 33.4 Å². The van der Waals surface area contributed by atoms with Crippen LogP contribution in [0, 0.1) is 0 Å². The van der Waals surface area contributed by atoms with Gasteiger partial charge >= 0.3 is 0 Å². The number of anilines is 4. The molecule has 0 unspecified atom stereocenters. The highest BCUT2D eigenvalue weighted by Crippen LogP contribution is 2.20. The van der Waals surface area contributed by atoms with Gasteiger partial charge in [0.25, 0.3) is 6.01 Å². The highest BCUT2D eigenvalue weighted by atomic mass is 32.2. The molecule has 0 amide bonds. The summed E-state index contributed by atoms with van der Waals surface area (Å²) in [5.74, 6) is 0.965. The summed E-state index contributed by atoms with van der Waals surface area (Å²) in [4.78, 5) is 12.3. The van der Waals surface area contributed by atoms with E-state index in [0.717, 1.165) is 0 Å². The van der Waals surface area contributed by atoms with Gasteiger partial charge in [-0.2, -0.15) is 0 Å². The van der Waals surface area contributed by atoms with Crippen LogP contribution in [-0.2, 0) is 10.0 Å². The molecule has 0 aliphatic rings. The second-order valence-corrected chi connectivity index (χ2v) is 6.50. The van der Waals surface area contributed by atoms with E-state index >= 15 is 0 Å². The molecule has 10 heteroatoms. The summed E-state index contributed by atoms with van der Waals surface area (Å²) in [7, 11) is -2.15. The van der Waals surface area contributed by atoms with Crippen LogP contribution in [0.4, 0.5) is 23.3 Å². The maximum Gasteiger partial charge on any atom is 0.300 e. The van der Waals surface area contributed by atoms with Crippen molar-refractivity contribution in [3.05, 3.63) is 49.1 Å². The van der Waals surface area contributed by atoms with Gasteiger partial charge in [-0.15, -0.1) is 0 Å². The molecule has 0 spiro atoms. The minimum absolute atomic E-state index is 0.155. The summed E-state index contributed by atoms with van der Waals surface area (Å²) >= 11 is 0. The van der Waals surface area contributed by atoms with Gasteiger partial charge in [0.05, 0.1) is 11.1 Å². The molecule has 1 aromatic carbocycles. The summed E-state index contributed by atoms with van der Waals surface area (Å²) in [6, 6.07) is 8.34. The molecule has 2 heterocycles. The van der Waals surface area contributed by atoms with E-state index in [0.29, 0.717) is 23.3 Å². The number of aromatic nitrogens is 3. The van der Waals surface area contributed by atoms with Crippen molar-refractivity contribution in [2.24, 2.45) is 0 Å². The van der Waals surface area contributed by atoms with Crippen LogP contribution in [0.15, 0.2) is 58.4 Å². The molecular weight excluding hydrogens is 332 g/mol. The minimum atomic E-state index is -3.51. The molecule has 2 aromatic heterocycles. The molecule has 0 aliphatic carbocycles. The number of hydrogen-bond acceptors (Lipinski definition) is 8. The fraction of sp³-hybridized carbons (Fsp3) is 0.0714. The molecule has 0 radical (unpaired) electrons. The van der Waals surface area contributed by atoms with Crippen LogP contribution in [0.25, 0.3) is 0 Å². The Hall–Kier alpha value is -2.98. The maximum absolute atomic E-state index is 11.8. The van der Waals surface area contributed by atoms with E-state index in [9.17, 15) is 8.42 Å². The van der Waals surface area contributed by atoms with Crippen LogP contribution in [0.3, 0.4) is 0 Å².